The van der Waals surface area contributed by atoms with Crippen LogP contribution in [0.4, 0.5) is 0 Å². The number of rotatable bonds is 5. The zero-order valence-electron chi connectivity index (χ0n) is 8.34. The summed E-state index contributed by atoms with van der Waals surface area (Å²) in [5, 5.41) is 8.71. The smallest absolute Gasteiger partial charge is 0.298 e. The zero-order chi connectivity index (χ0) is 10.1. The van der Waals surface area contributed by atoms with Crippen molar-refractivity contribution in [2.75, 3.05) is 19.7 Å². The van der Waals surface area contributed by atoms with Crippen molar-refractivity contribution in [3.63, 3.8) is 0 Å². The van der Waals surface area contributed by atoms with E-state index in [1.165, 1.54) is 0 Å². The van der Waals surface area contributed by atoms with Gasteiger partial charge in [0.05, 0.1) is 6.61 Å². The van der Waals surface area contributed by atoms with E-state index in [9.17, 15) is 4.79 Å². The molecule has 3 heteroatoms. The molecule has 0 heterocycles. The molecule has 74 valence electrons. The van der Waals surface area contributed by atoms with E-state index in [2.05, 4.69) is 18.8 Å². The second kappa shape index (κ2) is 7.63. The number of unbranched alkanes of at least 4 members (excludes halogenated alkanes) is 1. The first-order valence-corrected chi connectivity index (χ1v) is 4.58. The van der Waals surface area contributed by atoms with E-state index in [0.29, 0.717) is 13.1 Å². The van der Waals surface area contributed by atoms with Gasteiger partial charge in [0.15, 0.2) is 0 Å². The van der Waals surface area contributed by atoms with Gasteiger partial charge in [-0.1, -0.05) is 19.3 Å². The normalized spacial score (nSPS) is 8.85. The minimum Gasteiger partial charge on any atom is -0.395 e. The van der Waals surface area contributed by atoms with Gasteiger partial charge < -0.3 is 10.0 Å². The second-order valence-corrected chi connectivity index (χ2v) is 2.74. The lowest BCUT2D eigenvalue weighted by Gasteiger charge is -2.18. The summed E-state index contributed by atoms with van der Waals surface area (Å²) in [6.45, 7) is 4.76. The number of hydrogen-bond acceptors (Lipinski definition) is 2. The summed E-state index contributed by atoms with van der Waals surface area (Å²) in [5.74, 6) is 4.84. The third-order valence-corrected chi connectivity index (χ3v) is 1.67. The highest BCUT2D eigenvalue weighted by molar-refractivity contribution is 5.93. The largest absolute Gasteiger partial charge is 0.395 e. The van der Waals surface area contributed by atoms with E-state index in [0.717, 1.165) is 12.8 Å². The number of hydrogen-bond donors (Lipinski definition) is 1. The molecule has 0 aliphatic heterocycles. The number of carbonyl (C=O) groups is 1. The van der Waals surface area contributed by atoms with Crippen LogP contribution in [0, 0.1) is 11.8 Å². The van der Waals surface area contributed by atoms with Crippen molar-refractivity contribution in [1.29, 1.82) is 0 Å². The molecule has 0 saturated heterocycles. The van der Waals surface area contributed by atoms with Crippen molar-refractivity contribution in [2.45, 2.75) is 26.7 Å². The van der Waals surface area contributed by atoms with Crippen LogP contribution < -0.4 is 0 Å². The van der Waals surface area contributed by atoms with E-state index < -0.39 is 0 Å². The van der Waals surface area contributed by atoms with Crippen LogP contribution in [0.25, 0.3) is 0 Å². The Morgan fingerprint density at radius 1 is 1.46 bits per heavy atom. The lowest BCUT2D eigenvalue weighted by molar-refractivity contribution is -0.125. The Morgan fingerprint density at radius 3 is 2.62 bits per heavy atom. The fourth-order valence-corrected chi connectivity index (χ4v) is 0.971. The van der Waals surface area contributed by atoms with E-state index in [1.807, 2.05) is 0 Å². The quantitative estimate of drug-likeness (QED) is 0.635. The summed E-state index contributed by atoms with van der Waals surface area (Å²) in [4.78, 5) is 12.9. The molecule has 0 spiro atoms. The maximum Gasteiger partial charge on any atom is 0.298 e. The molecular formula is C10H17NO2. The molecular weight excluding hydrogens is 166 g/mol. The number of nitrogens with zero attached hydrogens (tertiary/aromatic N) is 1. The molecule has 0 aromatic carbocycles. The number of carbonyl (C=O) groups excluding carboxylic acids is 1. The average molecular weight is 183 g/mol. The van der Waals surface area contributed by atoms with Crippen LogP contribution in [0.5, 0.6) is 0 Å². The molecule has 13 heavy (non-hydrogen) atoms. The van der Waals surface area contributed by atoms with Gasteiger partial charge in [0.2, 0.25) is 0 Å². The van der Waals surface area contributed by atoms with E-state index in [1.54, 1.807) is 11.8 Å². The van der Waals surface area contributed by atoms with Crippen LogP contribution in [-0.2, 0) is 4.79 Å². The van der Waals surface area contributed by atoms with Crippen LogP contribution >= 0.6 is 0 Å². The molecule has 0 bridgehead atoms. The summed E-state index contributed by atoms with van der Waals surface area (Å²) in [7, 11) is 0. The fourth-order valence-electron chi connectivity index (χ4n) is 0.971. The molecule has 0 fully saturated rings. The van der Waals surface area contributed by atoms with E-state index >= 15 is 0 Å². The van der Waals surface area contributed by atoms with Crippen LogP contribution in [0.2, 0.25) is 0 Å². The first-order chi connectivity index (χ1) is 6.26. The summed E-state index contributed by atoms with van der Waals surface area (Å²) in [6.07, 6.45) is 1.99. The Morgan fingerprint density at radius 2 is 2.15 bits per heavy atom. The van der Waals surface area contributed by atoms with E-state index in [4.69, 9.17) is 5.11 Å². The SMILES string of the molecule is CC#CC(=O)N(CCO)CCCC. The molecule has 0 aliphatic rings. The van der Waals surface area contributed by atoms with Crippen molar-refractivity contribution in [3.8, 4) is 11.8 Å². The minimum absolute atomic E-state index is 0.000842. The van der Waals surface area contributed by atoms with Crippen LogP contribution in [-0.4, -0.2) is 35.6 Å². The maximum absolute atomic E-state index is 11.3. The highest BCUT2D eigenvalue weighted by Gasteiger charge is 2.08. The standard InChI is InChI=1S/C10H17NO2/c1-3-5-7-11(8-9-12)10(13)6-4-2/h12H,3,5,7-9H2,1-2H3. The second-order valence-electron chi connectivity index (χ2n) is 2.74. The Hall–Kier alpha value is -1.01. The summed E-state index contributed by atoms with van der Waals surface area (Å²) in [6, 6.07) is 0. The molecule has 0 rings (SSSR count). The first kappa shape index (κ1) is 12.0. The number of aliphatic hydroxyl groups is 1. The monoisotopic (exact) mass is 183 g/mol. The number of amides is 1. The van der Waals surface area contributed by atoms with Gasteiger partial charge >= 0.3 is 0 Å². The van der Waals surface area contributed by atoms with Crippen LogP contribution in [0.3, 0.4) is 0 Å². The van der Waals surface area contributed by atoms with Gasteiger partial charge in [-0.3, -0.25) is 4.79 Å². The van der Waals surface area contributed by atoms with Crippen LogP contribution in [0.1, 0.15) is 26.7 Å². The third-order valence-electron chi connectivity index (χ3n) is 1.67. The van der Waals surface area contributed by atoms with Crippen molar-refractivity contribution in [2.24, 2.45) is 0 Å². The molecule has 1 N–H and O–H groups in total. The van der Waals surface area contributed by atoms with Gasteiger partial charge in [0.25, 0.3) is 5.91 Å². The van der Waals surface area contributed by atoms with Gasteiger partial charge in [0.1, 0.15) is 0 Å². The van der Waals surface area contributed by atoms with Crippen molar-refractivity contribution < 1.29 is 9.90 Å². The van der Waals surface area contributed by atoms with E-state index in [-0.39, 0.29) is 12.5 Å². The average Bonchev–Trinajstić information content (AvgIpc) is 2.12. The Kier molecular flexibility index (Phi) is 7.04. The zero-order valence-corrected chi connectivity index (χ0v) is 8.34. The lowest BCUT2D eigenvalue weighted by Crippen LogP contribution is -2.33. The molecule has 0 aromatic rings. The lowest BCUT2D eigenvalue weighted by atomic mass is 10.3. The first-order valence-electron chi connectivity index (χ1n) is 4.58. The fraction of sp³-hybridized carbons (Fsp3) is 0.700. The summed E-state index contributed by atoms with van der Waals surface area (Å²) < 4.78 is 0. The van der Waals surface area contributed by atoms with Gasteiger partial charge in [-0.25, -0.2) is 0 Å². The molecule has 0 aliphatic carbocycles. The molecule has 0 saturated carbocycles. The predicted octanol–water partition coefficient (Wildman–Crippen LogP) is 0.631. The summed E-state index contributed by atoms with van der Waals surface area (Å²) in [5.41, 5.74) is 0. The molecule has 0 aromatic heterocycles. The predicted molar refractivity (Wildman–Crippen MR) is 52.0 cm³/mol. The van der Waals surface area contributed by atoms with Crippen LogP contribution in [0.15, 0.2) is 0 Å². The third kappa shape index (κ3) is 5.26. The van der Waals surface area contributed by atoms with Gasteiger partial charge in [-0.2, -0.15) is 0 Å². The summed E-state index contributed by atoms with van der Waals surface area (Å²) >= 11 is 0. The molecule has 1 amide bonds. The van der Waals surface area contributed by atoms with Crippen molar-refractivity contribution in [3.05, 3.63) is 0 Å². The number of aliphatic hydroxyl groups excluding tert-OH is 1. The Labute approximate surface area is 79.7 Å². The highest BCUT2D eigenvalue weighted by atomic mass is 16.3. The maximum atomic E-state index is 11.3. The Balaban J connectivity index is 4.03. The van der Waals surface area contributed by atoms with Gasteiger partial charge in [-0.15, -0.1) is 0 Å². The minimum atomic E-state index is -0.190. The molecule has 0 radical (unpaired) electrons. The van der Waals surface area contributed by atoms with Gasteiger partial charge in [-0.05, 0) is 19.3 Å². The highest BCUT2D eigenvalue weighted by Crippen LogP contribution is 1.94. The molecule has 0 atom stereocenters. The molecule has 3 nitrogen and oxygen atoms in total. The Bertz CT molecular complexity index is 203. The van der Waals surface area contributed by atoms with Gasteiger partial charge in [0, 0.05) is 13.1 Å². The van der Waals surface area contributed by atoms with Crippen molar-refractivity contribution >= 4 is 5.91 Å². The topological polar surface area (TPSA) is 40.5 Å². The van der Waals surface area contributed by atoms with Crippen molar-refractivity contribution in [1.82, 2.24) is 4.90 Å². The molecule has 0 unspecified atom stereocenters.